The number of nitrogens with one attached hydrogen (secondary N) is 2. The van der Waals surface area contributed by atoms with Crippen molar-refractivity contribution in [2.45, 2.75) is 13.3 Å². The van der Waals surface area contributed by atoms with Crippen LogP contribution in [0.3, 0.4) is 0 Å². The van der Waals surface area contributed by atoms with E-state index in [0.29, 0.717) is 39.7 Å². The lowest BCUT2D eigenvalue weighted by Crippen LogP contribution is -2.13. The monoisotopic (exact) mass is 367 g/mol. The van der Waals surface area contributed by atoms with Crippen molar-refractivity contribution in [3.05, 3.63) is 64.4 Å². The largest absolute Gasteiger partial charge is 0.360 e. The molecule has 1 aliphatic rings. The van der Waals surface area contributed by atoms with Crippen molar-refractivity contribution in [3.8, 4) is 11.3 Å². The molecule has 0 radical (unpaired) electrons. The first-order valence-electron chi connectivity index (χ1n) is 7.98. The fourth-order valence-electron chi connectivity index (χ4n) is 2.98. The number of carbonyl (C=O) groups is 2. The highest BCUT2D eigenvalue weighted by Gasteiger charge is 2.24. The molecule has 0 bridgehead atoms. The third-order valence-corrected chi connectivity index (χ3v) is 4.54. The summed E-state index contributed by atoms with van der Waals surface area (Å²) in [7, 11) is 0. The van der Waals surface area contributed by atoms with Gasteiger partial charge in [0.05, 0.1) is 11.4 Å². The molecule has 0 aliphatic carbocycles. The summed E-state index contributed by atoms with van der Waals surface area (Å²) in [6, 6.07) is 12.4. The second-order valence-corrected chi connectivity index (χ2v) is 6.40. The molecule has 0 unspecified atom stereocenters. The number of aromatic nitrogens is 1. The van der Waals surface area contributed by atoms with Crippen molar-refractivity contribution < 1.29 is 14.1 Å². The van der Waals surface area contributed by atoms with Crippen LogP contribution in [0.5, 0.6) is 0 Å². The van der Waals surface area contributed by atoms with Crippen LogP contribution in [0, 0.1) is 6.92 Å². The van der Waals surface area contributed by atoms with Crippen LogP contribution in [0.2, 0.25) is 5.02 Å². The maximum absolute atomic E-state index is 12.8. The van der Waals surface area contributed by atoms with Gasteiger partial charge in [-0.1, -0.05) is 35.0 Å². The zero-order chi connectivity index (χ0) is 18.3. The lowest BCUT2D eigenvalue weighted by atomic mass is 10.1. The first-order valence-corrected chi connectivity index (χ1v) is 8.36. The van der Waals surface area contributed by atoms with Gasteiger partial charge in [0.1, 0.15) is 17.0 Å². The van der Waals surface area contributed by atoms with Crippen molar-refractivity contribution in [2.75, 3.05) is 10.6 Å². The van der Waals surface area contributed by atoms with Crippen molar-refractivity contribution >= 4 is 34.8 Å². The highest BCUT2D eigenvalue weighted by atomic mass is 35.5. The highest BCUT2D eigenvalue weighted by Crippen LogP contribution is 2.32. The van der Waals surface area contributed by atoms with E-state index in [1.807, 2.05) is 6.07 Å². The summed E-state index contributed by atoms with van der Waals surface area (Å²) < 4.78 is 5.23. The molecule has 1 aromatic heterocycles. The summed E-state index contributed by atoms with van der Waals surface area (Å²) in [5.41, 5.74) is 3.55. The zero-order valence-electron chi connectivity index (χ0n) is 13.8. The van der Waals surface area contributed by atoms with Gasteiger partial charge in [0.25, 0.3) is 5.91 Å². The van der Waals surface area contributed by atoms with Crippen molar-refractivity contribution in [2.24, 2.45) is 0 Å². The van der Waals surface area contributed by atoms with E-state index >= 15 is 0 Å². The molecular formula is C19H14ClN3O3. The lowest BCUT2D eigenvalue weighted by molar-refractivity contribution is -0.115. The molecule has 3 aromatic rings. The first-order chi connectivity index (χ1) is 12.5. The van der Waals surface area contributed by atoms with E-state index in [2.05, 4.69) is 15.8 Å². The number of amides is 2. The molecule has 0 spiro atoms. The van der Waals surface area contributed by atoms with E-state index in [1.54, 1.807) is 43.3 Å². The molecule has 26 heavy (non-hydrogen) atoms. The molecule has 0 atom stereocenters. The Bertz CT molecular complexity index is 1040. The van der Waals surface area contributed by atoms with Gasteiger partial charge in [-0.15, -0.1) is 0 Å². The number of hydrogen-bond acceptors (Lipinski definition) is 4. The Labute approximate surface area is 154 Å². The second-order valence-electron chi connectivity index (χ2n) is 5.99. The van der Waals surface area contributed by atoms with Gasteiger partial charge in [-0.3, -0.25) is 9.59 Å². The van der Waals surface area contributed by atoms with E-state index < -0.39 is 0 Å². The minimum Gasteiger partial charge on any atom is -0.360 e. The highest BCUT2D eigenvalue weighted by molar-refractivity contribution is 6.33. The SMILES string of the molecule is Cc1onc(-c2ccccc2Cl)c1C(=O)Nc1ccc2c(c1)CC(=O)N2. The number of benzene rings is 2. The van der Waals surface area contributed by atoms with Gasteiger partial charge in [-0.25, -0.2) is 0 Å². The summed E-state index contributed by atoms with van der Waals surface area (Å²) >= 11 is 6.23. The number of hydrogen-bond donors (Lipinski definition) is 2. The number of anilines is 2. The Hall–Kier alpha value is -3.12. The van der Waals surface area contributed by atoms with E-state index in [1.165, 1.54) is 0 Å². The summed E-state index contributed by atoms with van der Waals surface area (Å²) in [6.45, 7) is 1.67. The molecule has 130 valence electrons. The summed E-state index contributed by atoms with van der Waals surface area (Å²) in [5, 5.41) is 10.1. The van der Waals surface area contributed by atoms with Crippen LogP contribution in [0.1, 0.15) is 21.7 Å². The van der Waals surface area contributed by atoms with Gasteiger partial charge >= 0.3 is 0 Å². The summed E-state index contributed by atoms with van der Waals surface area (Å²) in [4.78, 5) is 24.3. The fraction of sp³-hybridized carbons (Fsp3) is 0.105. The van der Waals surface area contributed by atoms with Crippen LogP contribution >= 0.6 is 11.6 Å². The third kappa shape index (κ3) is 2.84. The fourth-order valence-corrected chi connectivity index (χ4v) is 3.20. The van der Waals surface area contributed by atoms with Crippen molar-refractivity contribution in [1.82, 2.24) is 5.16 Å². The molecule has 1 aliphatic heterocycles. The number of fused-ring (bicyclic) bond motifs is 1. The third-order valence-electron chi connectivity index (χ3n) is 4.21. The van der Waals surface area contributed by atoms with E-state index in [-0.39, 0.29) is 11.8 Å². The molecule has 0 saturated carbocycles. The summed E-state index contributed by atoms with van der Waals surface area (Å²) in [5.74, 6) is -0.00862. The number of halogens is 1. The Morgan fingerprint density at radius 1 is 1.27 bits per heavy atom. The standard InChI is InChI=1S/C19H14ClN3O3/c1-10-17(18(23-26-10)13-4-2-3-5-14(13)20)19(25)21-12-6-7-15-11(8-12)9-16(24)22-15/h2-8H,9H2,1H3,(H,21,25)(H,22,24). The van der Waals surface area contributed by atoms with E-state index in [0.717, 1.165) is 11.3 Å². The van der Waals surface area contributed by atoms with Gasteiger partial charge in [0, 0.05) is 16.9 Å². The minimum absolute atomic E-state index is 0.0561. The quantitative estimate of drug-likeness (QED) is 0.731. The van der Waals surface area contributed by atoms with Crippen molar-refractivity contribution in [3.63, 3.8) is 0 Å². The Balaban J connectivity index is 1.66. The molecule has 2 heterocycles. The lowest BCUT2D eigenvalue weighted by Gasteiger charge is -2.08. The predicted molar refractivity (Wildman–Crippen MR) is 98.4 cm³/mol. The number of rotatable bonds is 3. The van der Waals surface area contributed by atoms with Crippen LogP contribution in [0.4, 0.5) is 11.4 Å². The van der Waals surface area contributed by atoms with Gasteiger partial charge < -0.3 is 15.2 Å². The normalized spacial score (nSPS) is 12.6. The maximum Gasteiger partial charge on any atom is 0.261 e. The molecular weight excluding hydrogens is 354 g/mol. The van der Waals surface area contributed by atoms with Crippen LogP contribution in [0.25, 0.3) is 11.3 Å². The van der Waals surface area contributed by atoms with Gasteiger partial charge in [-0.05, 0) is 36.8 Å². The Morgan fingerprint density at radius 3 is 2.88 bits per heavy atom. The molecule has 0 saturated heterocycles. The van der Waals surface area contributed by atoms with Crippen molar-refractivity contribution in [1.29, 1.82) is 0 Å². The van der Waals surface area contributed by atoms with E-state index in [4.69, 9.17) is 16.1 Å². The molecule has 4 rings (SSSR count). The van der Waals surface area contributed by atoms with Crippen LogP contribution in [0.15, 0.2) is 47.0 Å². The van der Waals surface area contributed by atoms with E-state index in [9.17, 15) is 9.59 Å². The molecule has 0 fully saturated rings. The average molecular weight is 368 g/mol. The Kier molecular flexibility index (Phi) is 3.97. The van der Waals surface area contributed by atoms with Gasteiger partial charge in [0.15, 0.2) is 0 Å². The molecule has 2 aromatic carbocycles. The minimum atomic E-state index is -0.351. The maximum atomic E-state index is 12.8. The number of nitrogens with zero attached hydrogens (tertiary/aromatic N) is 1. The number of carbonyl (C=O) groups excluding carboxylic acids is 2. The zero-order valence-corrected chi connectivity index (χ0v) is 14.6. The molecule has 2 N–H and O–H groups in total. The predicted octanol–water partition coefficient (Wildman–Crippen LogP) is 4.05. The Morgan fingerprint density at radius 2 is 2.08 bits per heavy atom. The molecule has 7 heteroatoms. The number of aryl methyl sites for hydroxylation is 1. The average Bonchev–Trinajstić information content (AvgIpc) is 3.16. The topological polar surface area (TPSA) is 84.2 Å². The summed E-state index contributed by atoms with van der Waals surface area (Å²) in [6.07, 6.45) is 0.302. The molecule has 6 nitrogen and oxygen atoms in total. The van der Waals surface area contributed by atoms with Gasteiger partial charge in [0.2, 0.25) is 5.91 Å². The smallest absolute Gasteiger partial charge is 0.261 e. The van der Waals surface area contributed by atoms with Crippen LogP contribution < -0.4 is 10.6 Å². The van der Waals surface area contributed by atoms with Crippen LogP contribution in [-0.4, -0.2) is 17.0 Å². The van der Waals surface area contributed by atoms with Gasteiger partial charge in [-0.2, -0.15) is 0 Å². The van der Waals surface area contributed by atoms with Crippen LogP contribution in [-0.2, 0) is 11.2 Å². The molecule has 2 amide bonds. The second kappa shape index (κ2) is 6.31. The first kappa shape index (κ1) is 16.4.